The lowest BCUT2D eigenvalue weighted by atomic mass is 10.0. The molecule has 0 fully saturated rings. The number of nitrogens with one attached hydrogen (secondary N) is 1. The van der Waals surface area contributed by atoms with Crippen LogP contribution in [0.25, 0.3) is 0 Å². The Labute approximate surface area is 111 Å². The maximum absolute atomic E-state index is 12.7. The van der Waals surface area contributed by atoms with E-state index in [2.05, 4.69) is 4.72 Å². The topological polar surface area (TPSA) is 83.5 Å². The highest BCUT2D eigenvalue weighted by Gasteiger charge is 2.29. The molecule has 0 aliphatic carbocycles. The summed E-state index contributed by atoms with van der Waals surface area (Å²) >= 11 is 0. The molecule has 1 aromatic carbocycles. The molecular formula is C12H16FNO4S. The molecule has 106 valence electrons. The Kier molecular flexibility index (Phi) is 5.02. The Morgan fingerprint density at radius 2 is 1.89 bits per heavy atom. The molecule has 0 radical (unpaired) electrons. The van der Waals surface area contributed by atoms with Gasteiger partial charge in [0.25, 0.3) is 0 Å². The summed E-state index contributed by atoms with van der Waals surface area (Å²) in [6.45, 7) is 3.42. The second-order valence-electron chi connectivity index (χ2n) is 4.28. The maximum atomic E-state index is 12.7. The third kappa shape index (κ3) is 4.00. The number of rotatable bonds is 6. The monoisotopic (exact) mass is 289 g/mol. The summed E-state index contributed by atoms with van der Waals surface area (Å²) in [5.74, 6) is -2.15. The molecule has 1 aromatic rings. The number of halogens is 1. The van der Waals surface area contributed by atoms with Crippen molar-refractivity contribution in [3.8, 4) is 0 Å². The summed E-state index contributed by atoms with van der Waals surface area (Å²) < 4.78 is 38.8. The predicted octanol–water partition coefficient (Wildman–Crippen LogP) is 1.60. The van der Waals surface area contributed by atoms with E-state index in [0.717, 1.165) is 24.3 Å². The Balaban J connectivity index is 3.00. The molecule has 0 spiro atoms. The van der Waals surface area contributed by atoms with Gasteiger partial charge in [0.05, 0.1) is 4.90 Å². The molecule has 19 heavy (non-hydrogen) atoms. The van der Waals surface area contributed by atoms with E-state index in [0.29, 0.717) is 6.42 Å². The zero-order chi connectivity index (χ0) is 14.6. The predicted molar refractivity (Wildman–Crippen MR) is 67.6 cm³/mol. The van der Waals surface area contributed by atoms with Crippen molar-refractivity contribution in [3.63, 3.8) is 0 Å². The highest BCUT2D eigenvalue weighted by atomic mass is 32.2. The van der Waals surface area contributed by atoms with Gasteiger partial charge in [-0.3, -0.25) is 4.79 Å². The Bertz CT molecular complexity index is 541. The van der Waals surface area contributed by atoms with E-state index >= 15 is 0 Å². The van der Waals surface area contributed by atoms with Crippen LogP contribution in [0.5, 0.6) is 0 Å². The third-order valence-electron chi connectivity index (χ3n) is 2.89. The normalized spacial score (nSPS) is 14.9. The summed E-state index contributed by atoms with van der Waals surface area (Å²) in [4.78, 5) is 10.9. The highest BCUT2D eigenvalue weighted by Crippen LogP contribution is 2.14. The van der Waals surface area contributed by atoms with Gasteiger partial charge in [-0.1, -0.05) is 20.3 Å². The number of hydrogen-bond acceptors (Lipinski definition) is 3. The molecule has 0 aromatic heterocycles. The lowest BCUT2D eigenvalue weighted by molar-refractivity contribution is -0.140. The average molecular weight is 289 g/mol. The minimum atomic E-state index is -3.97. The number of sulfonamides is 1. The number of carboxylic acids is 1. The van der Waals surface area contributed by atoms with Gasteiger partial charge < -0.3 is 5.11 Å². The van der Waals surface area contributed by atoms with Crippen LogP contribution in [0.3, 0.4) is 0 Å². The Morgan fingerprint density at radius 3 is 2.32 bits per heavy atom. The van der Waals surface area contributed by atoms with Crippen LogP contribution < -0.4 is 4.72 Å². The number of carbonyl (C=O) groups is 1. The number of benzene rings is 1. The number of carboxylic acid groups (broad SMARTS) is 1. The second-order valence-corrected chi connectivity index (χ2v) is 5.99. The van der Waals surface area contributed by atoms with Gasteiger partial charge in [-0.05, 0) is 30.2 Å². The molecule has 2 N–H and O–H groups in total. The van der Waals surface area contributed by atoms with E-state index in [1.54, 1.807) is 13.8 Å². The van der Waals surface area contributed by atoms with E-state index < -0.39 is 27.9 Å². The molecule has 7 heteroatoms. The number of aliphatic carboxylic acids is 1. The fraction of sp³-hybridized carbons (Fsp3) is 0.417. The smallest absolute Gasteiger partial charge is 0.322 e. The standard InChI is InChI=1S/C12H16FNO4S/c1-3-8(2)11(12(15)16)14-19(17,18)10-6-4-9(13)5-7-10/h4-8,11,14H,3H2,1-2H3,(H,15,16)/t8?,11-/m1/s1. The van der Waals surface area contributed by atoms with E-state index in [1.165, 1.54) is 0 Å². The van der Waals surface area contributed by atoms with Crippen molar-refractivity contribution < 1.29 is 22.7 Å². The van der Waals surface area contributed by atoms with Crippen LogP contribution in [0.2, 0.25) is 0 Å². The molecule has 0 saturated carbocycles. The van der Waals surface area contributed by atoms with Crippen LogP contribution in [0, 0.1) is 11.7 Å². The first-order chi connectivity index (χ1) is 8.77. The molecule has 0 aliphatic rings. The number of hydrogen-bond donors (Lipinski definition) is 2. The first kappa shape index (κ1) is 15.6. The van der Waals surface area contributed by atoms with Crippen molar-refractivity contribution in [2.75, 3.05) is 0 Å². The van der Waals surface area contributed by atoms with Crippen LogP contribution in [-0.4, -0.2) is 25.5 Å². The van der Waals surface area contributed by atoms with Crippen molar-refractivity contribution in [1.82, 2.24) is 4.72 Å². The van der Waals surface area contributed by atoms with Gasteiger partial charge in [-0.2, -0.15) is 4.72 Å². The first-order valence-corrected chi connectivity index (χ1v) is 7.27. The Morgan fingerprint density at radius 1 is 1.37 bits per heavy atom. The van der Waals surface area contributed by atoms with Gasteiger partial charge in [0.2, 0.25) is 10.0 Å². The SMILES string of the molecule is CCC(C)[C@@H](NS(=O)(=O)c1ccc(F)cc1)C(=O)O. The van der Waals surface area contributed by atoms with Crippen LogP contribution in [0.1, 0.15) is 20.3 Å². The minimum Gasteiger partial charge on any atom is -0.480 e. The van der Waals surface area contributed by atoms with Crippen molar-refractivity contribution in [1.29, 1.82) is 0 Å². The van der Waals surface area contributed by atoms with Gasteiger partial charge in [-0.25, -0.2) is 12.8 Å². The van der Waals surface area contributed by atoms with Crippen LogP contribution in [0.15, 0.2) is 29.2 Å². The van der Waals surface area contributed by atoms with E-state index in [1.807, 2.05) is 0 Å². The highest BCUT2D eigenvalue weighted by molar-refractivity contribution is 7.89. The van der Waals surface area contributed by atoms with E-state index in [-0.39, 0.29) is 10.8 Å². The van der Waals surface area contributed by atoms with Crippen LogP contribution >= 0.6 is 0 Å². The Hall–Kier alpha value is -1.47. The van der Waals surface area contributed by atoms with Gasteiger partial charge in [-0.15, -0.1) is 0 Å². The van der Waals surface area contributed by atoms with Crippen molar-refractivity contribution >= 4 is 16.0 Å². The summed E-state index contributed by atoms with van der Waals surface area (Å²) in [6.07, 6.45) is 0.517. The molecule has 5 nitrogen and oxygen atoms in total. The average Bonchev–Trinajstić information content (AvgIpc) is 2.35. The quantitative estimate of drug-likeness (QED) is 0.833. The molecule has 0 saturated heterocycles. The van der Waals surface area contributed by atoms with Crippen LogP contribution in [0.4, 0.5) is 4.39 Å². The molecule has 0 amide bonds. The van der Waals surface area contributed by atoms with Crippen molar-refractivity contribution in [2.24, 2.45) is 5.92 Å². The molecule has 0 heterocycles. The largest absolute Gasteiger partial charge is 0.480 e. The summed E-state index contributed by atoms with van der Waals surface area (Å²) in [6, 6.07) is 2.99. The van der Waals surface area contributed by atoms with Crippen molar-refractivity contribution in [3.05, 3.63) is 30.1 Å². The summed E-state index contributed by atoms with van der Waals surface area (Å²) in [7, 11) is -3.97. The first-order valence-electron chi connectivity index (χ1n) is 5.78. The van der Waals surface area contributed by atoms with Crippen molar-refractivity contribution in [2.45, 2.75) is 31.2 Å². The molecule has 1 rings (SSSR count). The molecule has 2 atom stereocenters. The second kappa shape index (κ2) is 6.12. The van der Waals surface area contributed by atoms with Gasteiger partial charge >= 0.3 is 5.97 Å². The van der Waals surface area contributed by atoms with Crippen LogP contribution in [-0.2, 0) is 14.8 Å². The molecule has 0 bridgehead atoms. The molecule has 1 unspecified atom stereocenters. The zero-order valence-electron chi connectivity index (χ0n) is 10.6. The summed E-state index contributed by atoms with van der Waals surface area (Å²) in [5.41, 5.74) is 0. The van der Waals surface area contributed by atoms with E-state index in [4.69, 9.17) is 5.11 Å². The lowest BCUT2D eigenvalue weighted by Gasteiger charge is -2.20. The fourth-order valence-electron chi connectivity index (χ4n) is 1.49. The zero-order valence-corrected chi connectivity index (χ0v) is 11.4. The fourth-order valence-corrected chi connectivity index (χ4v) is 2.79. The minimum absolute atomic E-state index is 0.163. The van der Waals surface area contributed by atoms with Gasteiger partial charge in [0.15, 0.2) is 0 Å². The lowest BCUT2D eigenvalue weighted by Crippen LogP contribution is -2.44. The van der Waals surface area contributed by atoms with Gasteiger partial charge in [0, 0.05) is 0 Å². The molecule has 0 aliphatic heterocycles. The summed E-state index contributed by atoms with van der Waals surface area (Å²) in [5, 5.41) is 9.04. The maximum Gasteiger partial charge on any atom is 0.322 e. The molecular weight excluding hydrogens is 273 g/mol. The van der Waals surface area contributed by atoms with Gasteiger partial charge in [0.1, 0.15) is 11.9 Å². The third-order valence-corrected chi connectivity index (χ3v) is 4.34. The van der Waals surface area contributed by atoms with E-state index in [9.17, 15) is 17.6 Å².